The lowest BCUT2D eigenvalue weighted by Gasteiger charge is -2.18. The van der Waals surface area contributed by atoms with Gasteiger partial charge in [-0.2, -0.15) is 0 Å². The number of anilines is 1. The first kappa shape index (κ1) is 18.8. The average molecular weight is 400 g/mol. The average Bonchev–Trinajstić information content (AvgIpc) is 3.16. The molecular formula is C19H14ClN3O3S. The van der Waals surface area contributed by atoms with Crippen LogP contribution in [0.5, 0.6) is 0 Å². The van der Waals surface area contributed by atoms with Gasteiger partial charge in [0.25, 0.3) is 11.6 Å². The summed E-state index contributed by atoms with van der Waals surface area (Å²) >= 11 is 7.20. The molecule has 0 atom stereocenters. The van der Waals surface area contributed by atoms with Crippen LogP contribution >= 0.6 is 22.9 Å². The van der Waals surface area contributed by atoms with Crippen molar-refractivity contribution < 1.29 is 9.72 Å². The summed E-state index contributed by atoms with van der Waals surface area (Å²) in [5.74, 6) is -0.212. The highest BCUT2D eigenvalue weighted by molar-refractivity contribution is 7.14. The van der Waals surface area contributed by atoms with Crippen LogP contribution in [0, 0.1) is 10.1 Å². The number of aromatic nitrogens is 1. The third-order valence-electron chi connectivity index (χ3n) is 3.74. The van der Waals surface area contributed by atoms with Crippen molar-refractivity contribution in [2.45, 2.75) is 0 Å². The maximum Gasteiger partial charge on any atom is 0.269 e. The van der Waals surface area contributed by atoms with E-state index >= 15 is 0 Å². The van der Waals surface area contributed by atoms with E-state index in [-0.39, 0.29) is 11.6 Å². The van der Waals surface area contributed by atoms with Crippen molar-refractivity contribution in [3.63, 3.8) is 0 Å². The van der Waals surface area contributed by atoms with Crippen molar-refractivity contribution in [3.05, 3.63) is 87.3 Å². The number of nitrogens with zero attached hydrogens (tertiary/aromatic N) is 3. The van der Waals surface area contributed by atoms with Crippen LogP contribution < -0.4 is 4.90 Å². The Bertz CT molecular complexity index is 984. The molecule has 3 aromatic rings. The summed E-state index contributed by atoms with van der Waals surface area (Å²) in [6, 6.07) is 12.8. The van der Waals surface area contributed by atoms with E-state index in [0.29, 0.717) is 28.0 Å². The molecular weight excluding hydrogens is 386 g/mol. The molecule has 0 aliphatic heterocycles. The van der Waals surface area contributed by atoms with Crippen LogP contribution in [0.3, 0.4) is 0 Å². The van der Waals surface area contributed by atoms with E-state index in [0.717, 1.165) is 5.56 Å². The van der Waals surface area contributed by atoms with Gasteiger partial charge < -0.3 is 0 Å². The van der Waals surface area contributed by atoms with Crippen LogP contribution in [0.25, 0.3) is 11.3 Å². The standard InChI is InChI=1S/C19H14ClN3O3S/c1-2-11-22(18(24)14-3-7-15(20)8-4-14)19-21-17(12-27-19)13-5-9-16(10-6-13)23(25)26/h2-10,12H,1,11H2. The Morgan fingerprint density at radius 3 is 2.48 bits per heavy atom. The quantitative estimate of drug-likeness (QED) is 0.324. The van der Waals surface area contributed by atoms with Gasteiger partial charge in [0.2, 0.25) is 0 Å². The van der Waals surface area contributed by atoms with Gasteiger partial charge in [-0.1, -0.05) is 17.7 Å². The summed E-state index contributed by atoms with van der Waals surface area (Å²) < 4.78 is 0. The number of hydrogen-bond acceptors (Lipinski definition) is 5. The van der Waals surface area contributed by atoms with E-state index in [1.54, 1.807) is 42.5 Å². The number of benzene rings is 2. The van der Waals surface area contributed by atoms with Crippen molar-refractivity contribution in [2.75, 3.05) is 11.4 Å². The molecule has 3 rings (SSSR count). The van der Waals surface area contributed by atoms with Crippen molar-refractivity contribution >= 4 is 39.7 Å². The van der Waals surface area contributed by atoms with Gasteiger partial charge in [0, 0.05) is 40.2 Å². The summed E-state index contributed by atoms with van der Waals surface area (Å²) in [6.07, 6.45) is 1.63. The first-order chi connectivity index (χ1) is 13.0. The fourth-order valence-corrected chi connectivity index (χ4v) is 3.37. The molecule has 1 amide bonds. The topological polar surface area (TPSA) is 76.3 Å². The molecule has 8 heteroatoms. The van der Waals surface area contributed by atoms with Crippen LogP contribution in [0.4, 0.5) is 10.8 Å². The molecule has 27 heavy (non-hydrogen) atoms. The Labute approximate surface area is 164 Å². The largest absolute Gasteiger partial charge is 0.280 e. The maximum absolute atomic E-state index is 12.8. The SMILES string of the molecule is C=CCN(C(=O)c1ccc(Cl)cc1)c1nc(-c2ccc([N+](=O)[O-])cc2)cs1. The smallest absolute Gasteiger partial charge is 0.269 e. The van der Waals surface area contributed by atoms with Crippen LogP contribution in [0.15, 0.2) is 66.6 Å². The Hall–Kier alpha value is -3.03. The molecule has 0 saturated carbocycles. The van der Waals surface area contributed by atoms with Crippen molar-refractivity contribution in [1.82, 2.24) is 4.98 Å². The lowest BCUT2D eigenvalue weighted by molar-refractivity contribution is -0.384. The van der Waals surface area contributed by atoms with Gasteiger partial charge in [0.1, 0.15) is 0 Å². The number of rotatable bonds is 6. The molecule has 0 bridgehead atoms. The molecule has 0 aliphatic carbocycles. The monoisotopic (exact) mass is 399 g/mol. The number of nitro benzene ring substituents is 1. The maximum atomic E-state index is 12.8. The fraction of sp³-hybridized carbons (Fsp3) is 0.0526. The van der Waals surface area contributed by atoms with Gasteiger partial charge >= 0.3 is 0 Å². The van der Waals surface area contributed by atoms with Gasteiger partial charge in [-0.15, -0.1) is 17.9 Å². The molecule has 136 valence electrons. The first-order valence-corrected chi connectivity index (χ1v) is 9.14. The number of thiazole rings is 1. The molecule has 0 radical (unpaired) electrons. The summed E-state index contributed by atoms with van der Waals surface area (Å²) in [4.78, 5) is 29.2. The zero-order valence-corrected chi connectivity index (χ0v) is 15.6. The van der Waals surface area contributed by atoms with Crippen molar-refractivity contribution in [1.29, 1.82) is 0 Å². The summed E-state index contributed by atoms with van der Waals surface area (Å²) in [6.45, 7) is 4.01. The van der Waals surface area contributed by atoms with Gasteiger partial charge in [0.05, 0.1) is 10.6 Å². The molecule has 0 fully saturated rings. The predicted octanol–water partition coefficient (Wildman–Crippen LogP) is 5.20. The molecule has 0 N–H and O–H groups in total. The number of carbonyl (C=O) groups is 1. The van der Waals surface area contributed by atoms with Crippen LogP contribution in [-0.4, -0.2) is 22.4 Å². The Morgan fingerprint density at radius 2 is 1.89 bits per heavy atom. The van der Waals surface area contributed by atoms with Crippen molar-refractivity contribution in [2.24, 2.45) is 0 Å². The first-order valence-electron chi connectivity index (χ1n) is 7.88. The Morgan fingerprint density at radius 1 is 1.22 bits per heavy atom. The Balaban J connectivity index is 1.88. The van der Waals surface area contributed by atoms with E-state index in [1.807, 2.05) is 5.38 Å². The van der Waals surface area contributed by atoms with Crippen LogP contribution in [0.2, 0.25) is 5.02 Å². The van der Waals surface area contributed by atoms with Gasteiger partial charge in [-0.3, -0.25) is 19.8 Å². The van der Waals surface area contributed by atoms with Gasteiger partial charge in [-0.05, 0) is 36.4 Å². The van der Waals surface area contributed by atoms with Gasteiger partial charge in [0.15, 0.2) is 5.13 Å². The number of hydrogen-bond donors (Lipinski definition) is 0. The predicted molar refractivity (Wildman–Crippen MR) is 108 cm³/mol. The summed E-state index contributed by atoms with van der Waals surface area (Å²) in [5, 5.41) is 13.7. The normalized spacial score (nSPS) is 10.4. The third kappa shape index (κ3) is 4.21. The molecule has 2 aromatic carbocycles. The van der Waals surface area contributed by atoms with E-state index in [4.69, 9.17) is 11.6 Å². The Kier molecular flexibility index (Phi) is 5.63. The molecule has 6 nitrogen and oxygen atoms in total. The highest BCUT2D eigenvalue weighted by Crippen LogP contribution is 2.29. The van der Waals surface area contributed by atoms with Crippen LogP contribution in [0.1, 0.15) is 10.4 Å². The lowest BCUT2D eigenvalue weighted by Crippen LogP contribution is -2.30. The van der Waals surface area contributed by atoms with E-state index in [9.17, 15) is 14.9 Å². The molecule has 0 saturated heterocycles. The molecule has 1 aromatic heterocycles. The van der Waals surface area contributed by atoms with E-state index in [1.165, 1.54) is 28.4 Å². The molecule has 1 heterocycles. The molecule has 0 aliphatic rings. The number of non-ortho nitro benzene ring substituents is 1. The minimum Gasteiger partial charge on any atom is -0.280 e. The summed E-state index contributed by atoms with van der Waals surface area (Å²) in [5.41, 5.74) is 1.89. The number of carbonyl (C=O) groups excluding carboxylic acids is 1. The second-order valence-electron chi connectivity index (χ2n) is 5.53. The number of nitro groups is 1. The lowest BCUT2D eigenvalue weighted by atomic mass is 10.1. The highest BCUT2D eigenvalue weighted by atomic mass is 35.5. The molecule has 0 spiro atoms. The van der Waals surface area contributed by atoms with Crippen molar-refractivity contribution in [3.8, 4) is 11.3 Å². The second kappa shape index (κ2) is 8.11. The fourth-order valence-electron chi connectivity index (χ4n) is 2.40. The zero-order chi connectivity index (χ0) is 19.4. The third-order valence-corrected chi connectivity index (χ3v) is 4.86. The summed E-state index contributed by atoms with van der Waals surface area (Å²) in [7, 11) is 0. The number of amides is 1. The second-order valence-corrected chi connectivity index (χ2v) is 6.80. The minimum atomic E-state index is -0.452. The molecule has 0 unspecified atom stereocenters. The van der Waals surface area contributed by atoms with E-state index in [2.05, 4.69) is 11.6 Å². The number of halogens is 1. The highest BCUT2D eigenvalue weighted by Gasteiger charge is 2.20. The van der Waals surface area contributed by atoms with E-state index < -0.39 is 4.92 Å². The van der Waals surface area contributed by atoms with Crippen LogP contribution in [-0.2, 0) is 0 Å². The minimum absolute atomic E-state index is 0.0143. The van der Waals surface area contributed by atoms with Gasteiger partial charge in [-0.25, -0.2) is 4.98 Å². The zero-order valence-electron chi connectivity index (χ0n) is 14.0.